The van der Waals surface area contributed by atoms with Crippen molar-refractivity contribution in [3.8, 4) is 11.5 Å². The lowest BCUT2D eigenvalue weighted by Gasteiger charge is -2.18. The fraction of sp³-hybridized carbons (Fsp3) is 0.455. The van der Waals surface area contributed by atoms with E-state index in [0.717, 1.165) is 17.1 Å². The molecule has 0 aromatic heterocycles. The largest absolute Gasteiger partial charge is 0.454 e. The minimum Gasteiger partial charge on any atom is -0.454 e. The van der Waals surface area contributed by atoms with Gasteiger partial charge >= 0.3 is 0 Å². The predicted molar refractivity (Wildman–Crippen MR) is 56.0 cm³/mol. The monoisotopic (exact) mass is 209 g/mol. The van der Waals surface area contributed by atoms with Crippen LogP contribution in [0.4, 0.5) is 0 Å². The van der Waals surface area contributed by atoms with Crippen LogP contribution in [0.5, 0.6) is 11.5 Å². The Morgan fingerprint density at radius 3 is 2.87 bits per heavy atom. The standard InChI is InChI=1S/C11H15NO3/c1-7(9(12)5-13)8-2-3-10-11(4-8)15-6-14-10/h2-4,7,9,13H,5-6,12H2,1H3. The smallest absolute Gasteiger partial charge is 0.231 e. The normalized spacial score (nSPS) is 17.5. The van der Waals surface area contributed by atoms with Gasteiger partial charge in [0, 0.05) is 6.04 Å². The maximum atomic E-state index is 8.98. The molecule has 1 heterocycles. The molecule has 2 unspecified atom stereocenters. The summed E-state index contributed by atoms with van der Waals surface area (Å²) in [6.07, 6.45) is 0. The van der Waals surface area contributed by atoms with Gasteiger partial charge in [-0.25, -0.2) is 0 Å². The number of fused-ring (bicyclic) bond motifs is 1. The summed E-state index contributed by atoms with van der Waals surface area (Å²) in [5.41, 5.74) is 6.83. The van der Waals surface area contributed by atoms with E-state index in [0.29, 0.717) is 0 Å². The van der Waals surface area contributed by atoms with Crippen LogP contribution in [0.1, 0.15) is 18.4 Å². The van der Waals surface area contributed by atoms with Crippen LogP contribution < -0.4 is 15.2 Å². The first-order valence-electron chi connectivity index (χ1n) is 4.98. The predicted octanol–water partition coefficient (Wildman–Crippen LogP) is 0.838. The summed E-state index contributed by atoms with van der Waals surface area (Å²) in [5, 5.41) is 8.98. The number of hydrogen-bond donors (Lipinski definition) is 2. The molecule has 0 saturated heterocycles. The Bertz CT molecular complexity index is 354. The molecular formula is C11H15NO3. The van der Waals surface area contributed by atoms with E-state index >= 15 is 0 Å². The molecule has 2 atom stereocenters. The van der Waals surface area contributed by atoms with E-state index in [2.05, 4.69) is 0 Å². The zero-order chi connectivity index (χ0) is 10.8. The van der Waals surface area contributed by atoms with Gasteiger partial charge in [0.1, 0.15) is 0 Å². The molecule has 0 aliphatic carbocycles. The molecule has 1 aromatic rings. The highest BCUT2D eigenvalue weighted by atomic mass is 16.7. The molecule has 0 radical (unpaired) electrons. The molecule has 0 fully saturated rings. The second-order valence-corrected chi connectivity index (χ2v) is 3.75. The molecule has 1 aromatic carbocycles. The van der Waals surface area contributed by atoms with Crippen molar-refractivity contribution in [3.63, 3.8) is 0 Å². The molecule has 1 aliphatic heterocycles. The van der Waals surface area contributed by atoms with Gasteiger partial charge in [-0.2, -0.15) is 0 Å². The van der Waals surface area contributed by atoms with Gasteiger partial charge in [0.2, 0.25) is 6.79 Å². The van der Waals surface area contributed by atoms with E-state index in [4.69, 9.17) is 20.3 Å². The van der Waals surface area contributed by atoms with Crippen LogP contribution in [0.25, 0.3) is 0 Å². The van der Waals surface area contributed by atoms with E-state index in [9.17, 15) is 0 Å². The summed E-state index contributed by atoms with van der Waals surface area (Å²) in [4.78, 5) is 0. The van der Waals surface area contributed by atoms with E-state index in [1.807, 2.05) is 25.1 Å². The van der Waals surface area contributed by atoms with Gasteiger partial charge in [0.15, 0.2) is 11.5 Å². The maximum absolute atomic E-state index is 8.98. The number of aliphatic hydroxyl groups excluding tert-OH is 1. The molecule has 0 saturated carbocycles. The maximum Gasteiger partial charge on any atom is 0.231 e. The fourth-order valence-corrected chi connectivity index (χ4v) is 1.60. The molecule has 0 spiro atoms. The molecule has 82 valence electrons. The zero-order valence-corrected chi connectivity index (χ0v) is 8.64. The lowest BCUT2D eigenvalue weighted by molar-refractivity contribution is 0.174. The van der Waals surface area contributed by atoms with Crippen molar-refractivity contribution in [2.75, 3.05) is 13.4 Å². The quantitative estimate of drug-likeness (QED) is 0.774. The lowest BCUT2D eigenvalue weighted by atomic mass is 9.94. The third-order valence-corrected chi connectivity index (χ3v) is 2.78. The van der Waals surface area contributed by atoms with Gasteiger partial charge < -0.3 is 20.3 Å². The third kappa shape index (κ3) is 1.91. The first-order chi connectivity index (χ1) is 7.22. The van der Waals surface area contributed by atoms with Crippen LogP contribution in [-0.4, -0.2) is 24.5 Å². The molecule has 1 aliphatic rings. The van der Waals surface area contributed by atoms with Crippen molar-refractivity contribution >= 4 is 0 Å². The minimum atomic E-state index is -0.245. The van der Waals surface area contributed by atoms with Crippen molar-refractivity contribution in [1.29, 1.82) is 0 Å². The Hall–Kier alpha value is -1.26. The average Bonchev–Trinajstić information content (AvgIpc) is 2.73. The molecule has 2 rings (SSSR count). The number of benzene rings is 1. The Kier molecular flexibility index (Phi) is 2.79. The van der Waals surface area contributed by atoms with Crippen LogP contribution in [0.3, 0.4) is 0 Å². The molecule has 0 bridgehead atoms. The summed E-state index contributed by atoms with van der Waals surface area (Å²) in [7, 11) is 0. The highest BCUT2D eigenvalue weighted by Crippen LogP contribution is 2.34. The van der Waals surface area contributed by atoms with Gasteiger partial charge in [-0.15, -0.1) is 0 Å². The Morgan fingerprint density at radius 2 is 2.13 bits per heavy atom. The second kappa shape index (κ2) is 4.08. The van der Waals surface area contributed by atoms with Gasteiger partial charge in [0.25, 0.3) is 0 Å². The highest BCUT2D eigenvalue weighted by Gasteiger charge is 2.18. The van der Waals surface area contributed by atoms with E-state index in [1.165, 1.54) is 0 Å². The van der Waals surface area contributed by atoms with Crippen molar-refractivity contribution in [2.45, 2.75) is 18.9 Å². The number of nitrogens with two attached hydrogens (primary N) is 1. The molecular weight excluding hydrogens is 194 g/mol. The Morgan fingerprint density at radius 1 is 1.40 bits per heavy atom. The number of hydrogen-bond acceptors (Lipinski definition) is 4. The summed E-state index contributed by atoms with van der Waals surface area (Å²) < 4.78 is 10.5. The van der Waals surface area contributed by atoms with Crippen molar-refractivity contribution in [3.05, 3.63) is 23.8 Å². The van der Waals surface area contributed by atoms with Crippen LogP contribution in [0.15, 0.2) is 18.2 Å². The molecule has 0 amide bonds. The van der Waals surface area contributed by atoms with Crippen molar-refractivity contribution in [1.82, 2.24) is 0 Å². The number of aliphatic hydroxyl groups is 1. The Balaban J connectivity index is 2.22. The van der Waals surface area contributed by atoms with Crippen LogP contribution in [0, 0.1) is 0 Å². The summed E-state index contributed by atoms with van der Waals surface area (Å²) in [6.45, 7) is 2.24. The van der Waals surface area contributed by atoms with Crippen molar-refractivity contribution in [2.24, 2.45) is 5.73 Å². The van der Waals surface area contributed by atoms with Crippen LogP contribution in [0.2, 0.25) is 0 Å². The van der Waals surface area contributed by atoms with Gasteiger partial charge in [-0.1, -0.05) is 13.0 Å². The van der Waals surface area contributed by atoms with E-state index in [1.54, 1.807) is 0 Å². The average molecular weight is 209 g/mol. The van der Waals surface area contributed by atoms with Crippen LogP contribution in [-0.2, 0) is 0 Å². The Labute approximate surface area is 88.6 Å². The highest BCUT2D eigenvalue weighted by molar-refractivity contribution is 5.45. The summed E-state index contributed by atoms with van der Waals surface area (Å²) in [5.74, 6) is 1.62. The molecule has 4 heteroatoms. The number of rotatable bonds is 3. The van der Waals surface area contributed by atoms with Gasteiger partial charge in [-0.05, 0) is 23.6 Å². The molecule has 15 heavy (non-hydrogen) atoms. The first kappa shape index (κ1) is 10.3. The van der Waals surface area contributed by atoms with Gasteiger partial charge in [-0.3, -0.25) is 0 Å². The third-order valence-electron chi connectivity index (χ3n) is 2.78. The molecule has 4 nitrogen and oxygen atoms in total. The fourth-order valence-electron chi connectivity index (χ4n) is 1.60. The summed E-state index contributed by atoms with van der Waals surface area (Å²) >= 11 is 0. The topological polar surface area (TPSA) is 64.7 Å². The zero-order valence-electron chi connectivity index (χ0n) is 8.64. The first-order valence-corrected chi connectivity index (χ1v) is 4.98. The SMILES string of the molecule is CC(c1ccc2c(c1)OCO2)C(N)CO. The van der Waals surface area contributed by atoms with Crippen LogP contribution >= 0.6 is 0 Å². The lowest BCUT2D eigenvalue weighted by Crippen LogP contribution is -2.30. The van der Waals surface area contributed by atoms with E-state index in [-0.39, 0.29) is 25.4 Å². The summed E-state index contributed by atoms with van der Waals surface area (Å²) in [6, 6.07) is 5.50. The molecule has 3 N–H and O–H groups in total. The van der Waals surface area contributed by atoms with E-state index < -0.39 is 0 Å². The van der Waals surface area contributed by atoms with Crippen molar-refractivity contribution < 1.29 is 14.6 Å². The van der Waals surface area contributed by atoms with Gasteiger partial charge in [0.05, 0.1) is 6.61 Å². The number of ether oxygens (including phenoxy) is 2. The second-order valence-electron chi connectivity index (χ2n) is 3.75. The minimum absolute atomic E-state index is 0.0182.